The summed E-state index contributed by atoms with van der Waals surface area (Å²) in [5, 5.41) is 54.0. The molecule has 0 unspecified atom stereocenters. The first-order valence-electron chi connectivity index (χ1n) is 24.9. The summed E-state index contributed by atoms with van der Waals surface area (Å²) in [7, 11) is 1.48. The maximum Gasteiger partial charge on any atom is 0.317 e. The third-order valence-electron chi connectivity index (χ3n) is 11.0. The van der Waals surface area contributed by atoms with Gasteiger partial charge in [0, 0.05) is 32.5 Å². The van der Waals surface area contributed by atoms with Gasteiger partial charge in [-0.3, -0.25) is 57.6 Å². The van der Waals surface area contributed by atoms with Crippen LogP contribution in [0.3, 0.4) is 0 Å². The molecule has 0 aromatic carbocycles. The second kappa shape index (κ2) is 42.5. The standard InChI is InChI=1S/C46H82N10O17/c1-49-33(17-12-14-20-47)44(69)54-34(26-40(62)63)45(70)55-35(27-52-37(58)28-56(29-41(64)65)30-42(66)67)46(71)53-32(43(48)68)16-13-15-21-50-38(59)31-73-25-24-72-23-22-51-36(57)18-10-8-6-4-2-3-5-7-9-11-19-39(60)61/h32-35,49H,2-31,47H2,1H3,(H2,48,68)(H,50,59)(H,51,57)(H,52,58)(H,53,71)(H,54,69)(H,55,70)(H,60,61)(H,62,63)(H,64,65)(H,66,67)/t32-,33-,34-,35-/m0/s1. The van der Waals surface area contributed by atoms with Crippen LogP contribution in [0, 0.1) is 0 Å². The Labute approximate surface area is 426 Å². The van der Waals surface area contributed by atoms with Gasteiger partial charge < -0.3 is 78.6 Å². The van der Waals surface area contributed by atoms with E-state index < -0.39 is 116 Å². The zero-order valence-corrected chi connectivity index (χ0v) is 42.2. The third-order valence-corrected chi connectivity index (χ3v) is 11.0. The van der Waals surface area contributed by atoms with Crippen molar-refractivity contribution < 1.29 is 82.6 Å². The molecule has 0 spiro atoms. The highest BCUT2D eigenvalue weighted by molar-refractivity contribution is 5.96. The van der Waals surface area contributed by atoms with Crippen LogP contribution in [-0.4, -0.2) is 194 Å². The lowest BCUT2D eigenvalue weighted by molar-refractivity contribution is -0.143. The Morgan fingerprint density at radius 2 is 0.986 bits per heavy atom. The van der Waals surface area contributed by atoms with E-state index in [1.54, 1.807) is 0 Å². The molecule has 0 aliphatic carbocycles. The number of carbonyl (C=O) groups excluding carboxylic acids is 7. The number of primary amides is 1. The molecule has 27 nitrogen and oxygen atoms in total. The zero-order chi connectivity index (χ0) is 54.8. The highest BCUT2D eigenvalue weighted by Gasteiger charge is 2.32. The first kappa shape index (κ1) is 67.0. The number of amides is 7. The molecule has 0 rings (SSSR count). The quantitative estimate of drug-likeness (QED) is 0.0291. The summed E-state index contributed by atoms with van der Waals surface area (Å²) in [4.78, 5) is 135. The molecule has 0 radical (unpaired) electrons. The number of ether oxygens (including phenoxy) is 2. The zero-order valence-electron chi connectivity index (χ0n) is 42.2. The van der Waals surface area contributed by atoms with Crippen LogP contribution in [0.5, 0.6) is 0 Å². The van der Waals surface area contributed by atoms with Gasteiger partial charge in [0.25, 0.3) is 0 Å². The molecule has 4 atom stereocenters. The van der Waals surface area contributed by atoms with Crippen LogP contribution in [0.25, 0.3) is 0 Å². The molecule has 7 amide bonds. The molecule has 0 aliphatic heterocycles. The average Bonchev–Trinajstić information content (AvgIpc) is 3.31. The van der Waals surface area contributed by atoms with Gasteiger partial charge in [-0.2, -0.15) is 0 Å². The minimum atomic E-state index is -1.75. The number of carbonyl (C=O) groups is 11. The van der Waals surface area contributed by atoms with Crippen molar-refractivity contribution in [3.8, 4) is 0 Å². The normalized spacial score (nSPS) is 12.6. The number of carboxylic acids is 4. The van der Waals surface area contributed by atoms with Crippen LogP contribution >= 0.6 is 0 Å². The Morgan fingerprint density at radius 1 is 0.479 bits per heavy atom. The fourth-order valence-corrected chi connectivity index (χ4v) is 7.08. The summed E-state index contributed by atoms with van der Waals surface area (Å²) in [6, 6.07) is -5.66. The Bertz CT molecular complexity index is 1690. The Morgan fingerprint density at radius 3 is 1.55 bits per heavy atom. The van der Waals surface area contributed by atoms with Crippen LogP contribution in [0.1, 0.15) is 122 Å². The number of likely N-dealkylation sites (N-methyl/N-ethyl adjacent to an activating group) is 1. The molecule has 73 heavy (non-hydrogen) atoms. The number of nitrogens with one attached hydrogen (secondary N) is 7. The van der Waals surface area contributed by atoms with Gasteiger partial charge in [0.15, 0.2) is 0 Å². The van der Waals surface area contributed by atoms with E-state index in [4.69, 9.17) is 36.3 Å². The van der Waals surface area contributed by atoms with Gasteiger partial charge in [0.1, 0.15) is 24.7 Å². The smallest absolute Gasteiger partial charge is 0.317 e. The monoisotopic (exact) mass is 1050 g/mol. The van der Waals surface area contributed by atoms with Crippen molar-refractivity contribution in [3.63, 3.8) is 0 Å². The van der Waals surface area contributed by atoms with Gasteiger partial charge in [-0.15, -0.1) is 0 Å². The lowest BCUT2D eigenvalue weighted by Gasteiger charge is -2.26. The van der Waals surface area contributed by atoms with Gasteiger partial charge in [0.05, 0.1) is 51.9 Å². The number of unbranched alkanes of at least 4 members (excludes halogenated alkanes) is 11. The van der Waals surface area contributed by atoms with E-state index in [9.17, 15) is 57.8 Å². The minimum Gasteiger partial charge on any atom is -0.481 e. The summed E-state index contributed by atoms with van der Waals surface area (Å²) in [5.41, 5.74) is 11.1. The second-order valence-electron chi connectivity index (χ2n) is 17.3. The molecule has 418 valence electrons. The summed E-state index contributed by atoms with van der Waals surface area (Å²) in [5.74, 6) is -10.5. The Kier molecular flexibility index (Phi) is 39.0. The van der Waals surface area contributed by atoms with Crippen molar-refractivity contribution in [1.82, 2.24) is 42.1 Å². The first-order chi connectivity index (χ1) is 34.8. The lowest BCUT2D eigenvalue weighted by Crippen LogP contribution is -2.60. The van der Waals surface area contributed by atoms with E-state index in [1.165, 1.54) is 7.05 Å². The van der Waals surface area contributed by atoms with Crippen molar-refractivity contribution >= 4 is 65.2 Å². The van der Waals surface area contributed by atoms with Crippen molar-refractivity contribution in [2.75, 3.05) is 79.3 Å². The number of aliphatic carboxylic acids is 4. The predicted octanol–water partition coefficient (Wildman–Crippen LogP) is -2.09. The number of hydrogen-bond donors (Lipinski definition) is 13. The molecular formula is C46H82N10O17. The highest BCUT2D eigenvalue weighted by atomic mass is 16.5. The molecule has 0 aromatic heterocycles. The van der Waals surface area contributed by atoms with E-state index >= 15 is 0 Å². The van der Waals surface area contributed by atoms with Crippen LogP contribution in [-0.2, 0) is 62.2 Å². The maximum absolute atomic E-state index is 13.6. The van der Waals surface area contributed by atoms with E-state index in [1.807, 2.05) is 0 Å². The van der Waals surface area contributed by atoms with E-state index in [0.29, 0.717) is 45.2 Å². The molecule has 0 fully saturated rings. The van der Waals surface area contributed by atoms with Gasteiger partial charge >= 0.3 is 23.9 Å². The predicted molar refractivity (Wildman–Crippen MR) is 262 cm³/mol. The second-order valence-corrected chi connectivity index (χ2v) is 17.3. The molecule has 15 N–H and O–H groups in total. The van der Waals surface area contributed by atoms with Gasteiger partial charge in [0.2, 0.25) is 41.4 Å². The van der Waals surface area contributed by atoms with Crippen molar-refractivity contribution in [2.45, 2.75) is 146 Å². The molecule has 0 aliphatic rings. The topological polar surface area (TPSA) is 427 Å². The molecule has 0 saturated heterocycles. The molecule has 27 heteroatoms. The summed E-state index contributed by atoms with van der Waals surface area (Å²) < 4.78 is 10.8. The van der Waals surface area contributed by atoms with E-state index in [0.717, 1.165) is 69.1 Å². The largest absolute Gasteiger partial charge is 0.481 e. The maximum atomic E-state index is 13.6. The molecular weight excluding hydrogens is 965 g/mol. The van der Waals surface area contributed by atoms with Crippen LogP contribution in [0.2, 0.25) is 0 Å². The van der Waals surface area contributed by atoms with Crippen molar-refractivity contribution in [1.29, 1.82) is 0 Å². The summed E-state index contributed by atoms with van der Waals surface area (Å²) in [6.45, 7) is -2.00. The Hall–Kier alpha value is -6.03. The molecule has 0 saturated carbocycles. The summed E-state index contributed by atoms with van der Waals surface area (Å²) >= 11 is 0. The average molecular weight is 1050 g/mol. The van der Waals surface area contributed by atoms with Crippen molar-refractivity contribution in [3.05, 3.63) is 0 Å². The first-order valence-corrected chi connectivity index (χ1v) is 24.9. The van der Waals surface area contributed by atoms with Gasteiger partial charge in [-0.1, -0.05) is 57.8 Å². The minimum absolute atomic E-state index is 0.0490. The van der Waals surface area contributed by atoms with E-state index in [-0.39, 0.29) is 58.1 Å². The number of nitrogens with zero attached hydrogens (tertiary/aromatic N) is 1. The SMILES string of the molecule is CN[C@@H](CCCCN)C(=O)N[C@@H](CC(=O)O)C(=O)N[C@@H](CNC(=O)CN(CC(=O)O)CC(=O)O)C(=O)N[C@@H](CCCCNC(=O)COCCOCCNC(=O)CCCCCCCCCCCCC(=O)O)C(N)=O. The fraction of sp³-hybridized carbons (Fsp3) is 0.761. The van der Waals surface area contributed by atoms with Crippen molar-refractivity contribution in [2.24, 2.45) is 11.5 Å². The highest BCUT2D eigenvalue weighted by Crippen LogP contribution is 2.12. The number of hydrogen-bond acceptors (Lipinski definition) is 16. The number of nitrogens with two attached hydrogens (primary N) is 2. The Balaban J connectivity index is 4.99. The molecule has 0 bridgehead atoms. The molecule has 0 heterocycles. The van der Waals surface area contributed by atoms with Gasteiger partial charge in [-0.05, 0) is 58.5 Å². The summed E-state index contributed by atoms with van der Waals surface area (Å²) in [6.07, 6.45) is 11.8. The number of carboxylic acid groups (broad SMARTS) is 4. The van der Waals surface area contributed by atoms with Gasteiger partial charge in [-0.25, -0.2) is 0 Å². The molecule has 0 aromatic rings. The van der Waals surface area contributed by atoms with Crippen LogP contribution in [0.4, 0.5) is 0 Å². The lowest BCUT2D eigenvalue weighted by atomic mass is 10.1. The van der Waals surface area contributed by atoms with Crippen LogP contribution in [0.15, 0.2) is 0 Å². The third kappa shape index (κ3) is 38.3. The fourth-order valence-electron chi connectivity index (χ4n) is 7.08. The van der Waals surface area contributed by atoms with Crippen LogP contribution < -0.4 is 48.7 Å². The number of rotatable bonds is 48. The van der Waals surface area contributed by atoms with E-state index in [2.05, 4.69) is 37.2 Å².